The van der Waals surface area contributed by atoms with E-state index in [4.69, 9.17) is 0 Å². The first-order valence-corrected chi connectivity index (χ1v) is 17.5. The fourth-order valence-corrected chi connectivity index (χ4v) is 7.52. The van der Waals surface area contributed by atoms with Crippen LogP contribution in [0.1, 0.15) is 90.8 Å². The largest absolute Gasteiger partial charge is 0.298 e. The molecule has 2 N–H and O–H groups in total. The molecule has 44 heavy (non-hydrogen) atoms. The van der Waals surface area contributed by atoms with Crippen molar-refractivity contribution in [1.29, 1.82) is 0 Å². The maximum absolute atomic E-state index is 13.5. The Bertz CT molecular complexity index is 1780. The van der Waals surface area contributed by atoms with E-state index in [1.807, 2.05) is 55.4 Å². The van der Waals surface area contributed by atoms with Crippen LogP contribution in [0.4, 0.5) is 11.4 Å². The maximum Gasteiger partial charge on any atom is 0.261 e. The Labute approximate surface area is 261 Å². The molecule has 0 amide bonds. The minimum Gasteiger partial charge on any atom is -0.298 e. The van der Waals surface area contributed by atoms with Crippen molar-refractivity contribution in [2.24, 2.45) is 5.41 Å². The lowest BCUT2D eigenvalue weighted by atomic mass is 9.69. The topological polar surface area (TPSA) is 126 Å². The molecule has 3 aromatic carbocycles. The molecule has 0 radical (unpaired) electrons. The zero-order valence-corrected chi connectivity index (χ0v) is 28.2. The SMILES string of the molecule is CC1(C)CC(=O)C(c2cc(NS(=O)(=O)c3ccc(C(C)(C)C)cc3)ccc2NS(=O)(=O)c2ccc(C(C)(C)C)cc2)C(=O)C1. The first kappa shape index (κ1) is 33.4. The van der Waals surface area contributed by atoms with Crippen LogP contribution >= 0.6 is 0 Å². The number of benzene rings is 3. The van der Waals surface area contributed by atoms with Gasteiger partial charge in [-0.15, -0.1) is 0 Å². The number of anilines is 2. The standard InChI is InChI=1S/C34H42N2O6S2/c1-32(2,3)22-9-14-25(15-10-22)43(39,40)35-24-13-18-28(27(19-24)31-29(37)20-34(7,8)21-30(31)38)36-44(41,42)26-16-11-23(12-17-26)33(4,5)6/h9-19,31,35-36H,20-21H2,1-8H3. The Morgan fingerprint density at radius 2 is 1.05 bits per heavy atom. The first-order chi connectivity index (χ1) is 20.1. The second-order valence-electron chi connectivity index (χ2n) is 14.4. The molecule has 1 fully saturated rings. The quantitative estimate of drug-likeness (QED) is 0.271. The maximum atomic E-state index is 13.5. The molecule has 0 saturated heterocycles. The zero-order valence-electron chi connectivity index (χ0n) is 26.6. The lowest BCUT2D eigenvalue weighted by Gasteiger charge is -2.33. The van der Waals surface area contributed by atoms with Crippen LogP contribution in [0.2, 0.25) is 0 Å². The van der Waals surface area contributed by atoms with Gasteiger partial charge in [-0.25, -0.2) is 16.8 Å². The average molecular weight is 639 g/mol. The average Bonchev–Trinajstić information content (AvgIpc) is 2.88. The van der Waals surface area contributed by atoms with E-state index in [1.54, 1.807) is 24.3 Å². The molecule has 236 valence electrons. The van der Waals surface area contributed by atoms with Gasteiger partial charge in [0.25, 0.3) is 20.0 Å². The fraction of sp³-hybridized carbons (Fsp3) is 0.412. The Morgan fingerprint density at radius 1 is 0.636 bits per heavy atom. The normalized spacial score (nSPS) is 16.5. The summed E-state index contributed by atoms with van der Waals surface area (Å²) in [5, 5.41) is 0. The van der Waals surface area contributed by atoms with Crippen molar-refractivity contribution in [3.8, 4) is 0 Å². The minimum atomic E-state index is -4.11. The molecule has 0 unspecified atom stereocenters. The van der Waals surface area contributed by atoms with Gasteiger partial charge in [0.2, 0.25) is 0 Å². The highest BCUT2D eigenvalue weighted by molar-refractivity contribution is 7.93. The number of carbonyl (C=O) groups is 2. The summed E-state index contributed by atoms with van der Waals surface area (Å²) in [6.07, 6.45) is 0.250. The van der Waals surface area contributed by atoms with Gasteiger partial charge in [-0.05, 0) is 75.4 Å². The van der Waals surface area contributed by atoms with Crippen LogP contribution in [0.25, 0.3) is 0 Å². The van der Waals surface area contributed by atoms with Gasteiger partial charge in [0.05, 0.1) is 15.5 Å². The molecular formula is C34H42N2O6S2. The monoisotopic (exact) mass is 638 g/mol. The van der Waals surface area contributed by atoms with Crippen LogP contribution in [-0.2, 0) is 40.5 Å². The molecule has 0 atom stereocenters. The van der Waals surface area contributed by atoms with Crippen molar-refractivity contribution in [2.75, 3.05) is 9.44 Å². The molecule has 8 nitrogen and oxygen atoms in total. The number of hydrogen-bond donors (Lipinski definition) is 2. The highest BCUT2D eigenvalue weighted by Crippen LogP contribution is 2.41. The molecule has 0 spiro atoms. The van der Waals surface area contributed by atoms with Crippen molar-refractivity contribution in [2.45, 2.75) is 94.8 Å². The Morgan fingerprint density at radius 3 is 1.45 bits per heavy atom. The molecular weight excluding hydrogens is 597 g/mol. The fourth-order valence-electron chi connectivity index (χ4n) is 5.38. The highest BCUT2D eigenvalue weighted by atomic mass is 32.2. The van der Waals surface area contributed by atoms with Gasteiger partial charge in [-0.2, -0.15) is 0 Å². The van der Waals surface area contributed by atoms with Crippen LogP contribution in [-0.4, -0.2) is 28.4 Å². The third-order valence-electron chi connectivity index (χ3n) is 7.87. The smallest absolute Gasteiger partial charge is 0.261 e. The molecule has 1 saturated carbocycles. The second kappa shape index (κ2) is 11.5. The van der Waals surface area contributed by atoms with Crippen molar-refractivity contribution < 1.29 is 26.4 Å². The van der Waals surface area contributed by atoms with E-state index >= 15 is 0 Å². The number of ketones is 2. The predicted molar refractivity (Wildman–Crippen MR) is 174 cm³/mol. The third-order valence-corrected chi connectivity index (χ3v) is 10.6. The number of Topliss-reactive ketones (excluding diaryl/α,β-unsaturated/α-hetero) is 2. The molecule has 1 aliphatic carbocycles. The molecule has 0 aliphatic heterocycles. The number of hydrogen-bond acceptors (Lipinski definition) is 6. The van der Waals surface area contributed by atoms with Gasteiger partial charge in [0, 0.05) is 18.5 Å². The van der Waals surface area contributed by atoms with Crippen molar-refractivity contribution >= 4 is 43.0 Å². The van der Waals surface area contributed by atoms with Gasteiger partial charge < -0.3 is 0 Å². The molecule has 0 heterocycles. The number of carbonyl (C=O) groups excluding carboxylic acids is 2. The van der Waals surface area contributed by atoms with E-state index in [1.165, 1.54) is 42.5 Å². The van der Waals surface area contributed by atoms with E-state index in [9.17, 15) is 26.4 Å². The summed E-state index contributed by atoms with van der Waals surface area (Å²) < 4.78 is 58.6. The second-order valence-corrected chi connectivity index (χ2v) is 17.8. The van der Waals surface area contributed by atoms with Crippen LogP contribution in [0, 0.1) is 5.41 Å². The molecule has 0 bridgehead atoms. The summed E-state index contributed by atoms with van der Waals surface area (Å²) >= 11 is 0. The van der Waals surface area contributed by atoms with Crippen molar-refractivity contribution in [3.63, 3.8) is 0 Å². The molecule has 0 aromatic heterocycles. The number of rotatable bonds is 7. The van der Waals surface area contributed by atoms with Gasteiger partial charge >= 0.3 is 0 Å². The summed E-state index contributed by atoms with van der Waals surface area (Å²) in [7, 11) is -8.15. The summed E-state index contributed by atoms with van der Waals surface area (Å²) in [6, 6.07) is 17.2. The third kappa shape index (κ3) is 7.41. The lowest BCUT2D eigenvalue weighted by molar-refractivity contribution is -0.135. The van der Waals surface area contributed by atoms with Crippen LogP contribution in [0.3, 0.4) is 0 Å². The number of nitrogens with one attached hydrogen (secondary N) is 2. The van der Waals surface area contributed by atoms with E-state index in [0.717, 1.165) is 11.1 Å². The van der Waals surface area contributed by atoms with E-state index in [2.05, 4.69) is 9.44 Å². The van der Waals surface area contributed by atoms with E-state index < -0.39 is 31.4 Å². The molecule has 10 heteroatoms. The number of sulfonamides is 2. The van der Waals surface area contributed by atoms with Crippen molar-refractivity contribution in [1.82, 2.24) is 0 Å². The van der Waals surface area contributed by atoms with Gasteiger partial charge in [0.15, 0.2) is 0 Å². The Hall–Kier alpha value is -3.50. The van der Waals surface area contributed by atoms with Gasteiger partial charge in [0.1, 0.15) is 17.5 Å². The summed E-state index contributed by atoms with van der Waals surface area (Å²) in [5.74, 6) is -1.93. The lowest BCUT2D eigenvalue weighted by Crippen LogP contribution is -2.36. The van der Waals surface area contributed by atoms with Gasteiger partial charge in [-0.1, -0.05) is 79.7 Å². The molecule has 1 aliphatic rings. The summed E-state index contributed by atoms with van der Waals surface area (Å²) in [6.45, 7) is 15.8. The Kier molecular flexibility index (Phi) is 8.69. The van der Waals surface area contributed by atoms with Crippen LogP contribution in [0.5, 0.6) is 0 Å². The van der Waals surface area contributed by atoms with Crippen LogP contribution in [0.15, 0.2) is 76.5 Å². The van der Waals surface area contributed by atoms with Crippen molar-refractivity contribution in [3.05, 3.63) is 83.4 Å². The molecule has 4 rings (SSSR count). The zero-order chi connectivity index (χ0) is 32.9. The molecule has 3 aromatic rings. The predicted octanol–water partition coefficient (Wildman–Crippen LogP) is 6.93. The Balaban J connectivity index is 1.74. The van der Waals surface area contributed by atoms with E-state index in [0.29, 0.717) is 0 Å². The van der Waals surface area contributed by atoms with Gasteiger partial charge in [-0.3, -0.25) is 19.0 Å². The van der Waals surface area contributed by atoms with E-state index in [-0.39, 0.29) is 62.0 Å². The highest BCUT2D eigenvalue weighted by Gasteiger charge is 2.41. The summed E-state index contributed by atoms with van der Waals surface area (Å²) in [5.41, 5.74) is 1.32. The first-order valence-electron chi connectivity index (χ1n) is 14.6. The summed E-state index contributed by atoms with van der Waals surface area (Å²) in [4.78, 5) is 26.7. The van der Waals surface area contributed by atoms with Crippen LogP contribution < -0.4 is 9.44 Å². The minimum absolute atomic E-state index is 0.0161.